The van der Waals surface area contributed by atoms with Crippen LogP contribution in [0.15, 0.2) is 29.6 Å². The average Bonchev–Trinajstić information content (AvgIpc) is 2.23. The molecule has 0 atom stereocenters. The zero-order chi connectivity index (χ0) is 10.8. The SMILES string of the molecule is Cc1cc(-c2cnc[nH]c2=O)cnc1F. The molecule has 1 N–H and O–H groups in total. The summed E-state index contributed by atoms with van der Waals surface area (Å²) in [7, 11) is 0. The molecule has 2 heterocycles. The van der Waals surface area contributed by atoms with Gasteiger partial charge < -0.3 is 4.98 Å². The van der Waals surface area contributed by atoms with Gasteiger partial charge in [0, 0.05) is 23.5 Å². The number of hydrogen-bond donors (Lipinski definition) is 1. The molecule has 0 amide bonds. The van der Waals surface area contributed by atoms with Crippen LogP contribution in [0.4, 0.5) is 4.39 Å². The second kappa shape index (κ2) is 3.61. The van der Waals surface area contributed by atoms with Gasteiger partial charge in [-0.15, -0.1) is 0 Å². The molecular weight excluding hydrogens is 197 g/mol. The molecule has 0 fully saturated rings. The zero-order valence-corrected chi connectivity index (χ0v) is 7.99. The third kappa shape index (κ3) is 1.76. The molecule has 0 spiro atoms. The van der Waals surface area contributed by atoms with Gasteiger partial charge in [0.2, 0.25) is 5.95 Å². The third-order valence-corrected chi connectivity index (χ3v) is 2.04. The van der Waals surface area contributed by atoms with Crippen LogP contribution in [0, 0.1) is 12.9 Å². The van der Waals surface area contributed by atoms with E-state index in [1.807, 2.05) is 0 Å². The Bertz CT molecular complexity index is 550. The maximum Gasteiger partial charge on any atom is 0.258 e. The van der Waals surface area contributed by atoms with Crippen molar-refractivity contribution in [1.82, 2.24) is 15.0 Å². The molecule has 0 bridgehead atoms. The Kier molecular flexibility index (Phi) is 2.29. The largest absolute Gasteiger partial charge is 0.313 e. The Morgan fingerprint density at radius 1 is 1.40 bits per heavy atom. The van der Waals surface area contributed by atoms with Crippen molar-refractivity contribution in [1.29, 1.82) is 0 Å². The highest BCUT2D eigenvalue weighted by Gasteiger charge is 2.06. The van der Waals surface area contributed by atoms with Crippen molar-refractivity contribution in [2.24, 2.45) is 0 Å². The van der Waals surface area contributed by atoms with Gasteiger partial charge in [0.1, 0.15) is 0 Å². The number of aromatic nitrogens is 3. The van der Waals surface area contributed by atoms with Crippen LogP contribution in [0.3, 0.4) is 0 Å². The van der Waals surface area contributed by atoms with E-state index in [4.69, 9.17) is 0 Å². The van der Waals surface area contributed by atoms with Crippen LogP contribution in [-0.2, 0) is 0 Å². The standard InChI is InChI=1S/C10H8FN3O/c1-6-2-7(3-13-9(6)11)8-4-12-5-14-10(8)15/h2-5H,1H3,(H,12,14,15). The summed E-state index contributed by atoms with van der Waals surface area (Å²) < 4.78 is 12.9. The summed E-state index contributed by atoms with van der Waals surface area (Å²) in [5.74, 6) is -0.529. The van der Waals surface area contributed by atoms with E-state index >= 15 is 0 Å². The van der Waals surface area contributed by atoms with Gasteiger partial charge >= 0.3 is 0 Å². The number of rotatable bonds is 1. The molecule has 5 heteroatoms. The van der Waals surface area contributed by atoms with Gasteiger partial charge in [0.05, 0.1) is 11.9 Å². The van der Waals surface area contributed by atoms with E-state index in [9.17, 15) is 9.18 Å². The van der Waals surface area contributed by atoms with Crippen LogP contribution >= 0.6 is 0 Å². The molecule has 0 aliphatic rings. The van der Waals surface area contributed by atoms with Crippen molar-refractivity contribution in [2.45, 2.75) is 6.92 Å². The maximum atomic E-state index is 12.9. The number of aryl methyl sites for hydroxylation is 1. The van der Waals surface area contributed by atoms with Gasteiger partial charge in [0.25, 0.3) is 5.56 Å². The second-order valence-electron chi connectivity index (χ2n) is 3.13. The lowest BCUT2D eigenvalue weighted by atomic mass is 10.1. The molecule has 2 aromatic heterocycles. The average molecular weight is 205 g/mol. The number of H-pyrrole nitrogens is 1. The molecule has 0 unspecified atom stereocenters. The molecule has 15 heavy (non-hydrogen) atoms. The van der Waals surface area contributed by atoms with Crippen LogP contribution in [0.1, 0.15) is 5.56 Å². The minimum absolute atomic E-state index is 0.266. The molecule has 0 saturated carbocycles. The second-order valence-corrected chi connectivity index (χ2v) is 3.13. The lowest BCUT2D eigenvalue weighted by Crippen LogP contribution is -2.08. The minimum Gasteiger partial charge on any atom is -0.313 e. The van der Waals surface area contributed by atoms with Crippen LogP contribution in [0.5, 0.6) is 0 Å². The summed E-state index contributed by atoms with van der Waals surface area (Å²) >= 11 is 0. The Hall–Kier alpha value is -2.04. The van der Waals surface area contributed by atoms with Crippen LogP contribution in [0.25, 0.3) is 11.1 Å². The topological polar surface area (TPSA) is 58.6 Å². The summed E-state index contributed by atoms with van der Waals surface area (Å²) in [4.78, 5) is 21.2. The van der Waals surface area contributed by atoms with E-state index < -0.39 is 5.95 Å². The van der Waals surface area contributed by atoms with E-state index in [0.717, 1.165) is 0 Å². The summed E-state index contributed by atoms with van der Waals surface area (Å²) in [6.07, 6.45) is 4.04. The Labute approximate surface area is 84.8 Å². The van der Waals surface area contributed by atoms with E-state index in [2.05, 4.69) is 15.0 Å². The first-order chi connectivity index (χ1) is 7.18. The molecule has 76 valence electrons. The number of halogens is 1. The first kappa shape index (κ1) is 9.51. The Morgan fingerprint density at radius 3 is 2.87 bits per heavy atom. The van der Waals surface area contributed by atoms with Crippen molar-refractivity contribution in [3.63, 3.8) is 0 Å². The third-order valence-electron chi connectivity index (χ3n) is 2.04. The highest BCUT2D eigenvalue weighted by atomic mass is 19.1. The molecule has 0 aliphatic carbocycles. The van der Waals surface area contributed by atoms with Crippen molar-refractivity contribution in [3.8, 4) is 11.1 Å². The summed E-state index contributed by atoms with van der Waals surface area (Å²) in [6, 6.07) is 1.56. The van der Waals surface area contributed by atoms with Crippen molar-refractivity contribution in [2.75, 3.05) is 0 Å². The highest BCUT2D eigenvalue weighted by Crippen LogP contribution is 2.15. The summed E-state index contributed by atoms with van der Waals surface area (Å²) in [5, 5.41) is 0. The number of hydrogen-bond acceptors (Lipinski definition) is 3. The first-order valence-electron chi connectivity index (χ1n) is 4.33. The molecular formula is C10H8FN3O. The first-order valence-corrected chi connectivity index (χ1v) is 4.33. The number of nitrogens with one attached hydrogen (secondary N) is 1. The molecule has 4 nitrogen and oxygen atoms in total. The fraction of sp³-hybridized carbons (Fsp3) is 0.100. The predicted octanol–water partition coefficient (Wildman–Crippen LogP) is 1.28. The summed E-state index contributed by atoms with van der Waals surface area (Å²) in [5.41, 5.74) is 1.07. The molecule has 0 radical (unpaired) electrons. The normalized spacial score (nSPS) is 10.3. The smallest absolute Gasteiger partial charge is 0.258 e. The van der Waals surface area contributed by atoms with Crippen molar-refractivity contribution >= 4 is 0 Å². The molecule has 0 aromatic carbocycles. The van der Waals surface area contributed by atoms with Gasteiger partial charge in [-0.3, -0.25) is 4.79 Å². The van der Waals surface area contributed by atoms with E-state index in [1.54, 1.807) is 13.0 Å². The molecule has 2 rings (SSSR count). The zero-order valence-electron chi connectivity index (χ0n) is 7.99. The van der Waals surface area contributed by atoms with E-state index in [-0.39, 0.29) is 5.56 Å². The number of pyridine rings is 1. The lowest BCUT2D eigenvalue weighted by molar-refractivity contribution is 0.575. The number of nitrogens with zero attached hydrogens (tertiary/aromatic N) is 2. The fourth-order valence-corrected chi connectivity index (χ4v) is 1.26. The minimum atomic E-state index is -0.529. The molecule has 0 aliphatic heterocycles. The molecule has 0 saturated heterocycles. The lowest BCUT2D eigenvalue weighted by Gasteiger charge is -2.00. The quantitative estimate of drug-likeness (QED) is 0.713. The van der Waals surface area contributed by atoms with Gasteiger partial charge in [-0.05, 0) is 13.0 Å². The molecule has 2 aromatic rings. The van der Waals surface area contributed by atoms with Crippen LogP contribution in [0.2, 0.25) is 0 Å². The van der Waals surface area contributed by atoms with Crippen LogP contribution < -0.4 is 5.56 Å². The maximum absolute atomic E-state index is 12.9. The van der Waals surface area contributed by atoms with Crippen LogP contribution in [-0.4, -0.2) is 15.0 Å². The predicted molar refractivity (Wildman–Crippen MR) is 52.8 cm³/mol. The fourth-order valence-electron chi connectivity index (χ4n) is 1.26. The number of aromatic amines is 1. The Balaban J connectivity index is 2.60. The van der Waals surface area contributed by atoms with Gasteiger partial charge in [-0.2, -0.15) is 4.39 Å². The monoisotopic (exact) mass is 205 g/mol. The van der Waals surface area contributed by atoms with E-state index in [1.165, 1.54) is 18.7 Å². The van der Waals surface area contributed by atoms with Gasteiger partial charge in [0.15, 0.2) is 0 Å². The highest BCUT2D eigenvalue weighted by molar-refractivity contribution is 5.60. The van der Waals surface area contributed by atoms with Crippen molar-refractivity contribution in [3.05, 3.63) is 46.7 Å². The van der Waals surface area contributed by atoms with E-state index in [0.29, 0.717) is 16.7 Å². The van der Waals surface area contributed by atoms with Crippen molar-refractivity contribution < 1.29 is 4.39 Å². The van der Waals surface area contributed by atoms with Gasteiger partial charge in [-0.1, -0.05) is 0 Å². The van der Waals surface area contributed by atoms with Gasteiger partial charge in [-0.25, -0.2) is 9.97 Å². The Morgan fingerprint density at radius 2 is 2.20 bits per heavy atom. The summed E-state index contributed by atoms with van der Waals surface area (Å²) in [6.45, 7) is 1.59.